The van der Waals surface area contributed by atoms with E-state index in [1.54, 1.807) is 0 Å². The van der Waals surface area contributed by atoms with Gasteiger partial charge in [-0.3, -0.25) is 9.69 Å². The second-order valence-corrected chi connectivity index (χ2v) is 6.15. The summed E-state index contributed by atoms with van der Waals surface area (Å²) in [4.78, 5) is 14.6. The van der Waals surface area contributed by atoms with Crippen molar-refractivity contribution in [1.82, 2.24) is 4.90 Å². The number of carbonyl (C=O) groups is 1. The van der Waals surface area contributed by atoms with Crippen molar-refractivity contribution in [3.63, 3.8) is 0 Å². The molecule has 1 aromatic carbocycles. The van der Waals surface area contributed by atoms with E-state index < -0.39 is 0 Å². The fraction of sp³-hybridized carbons (Fsp3) is 0.562. The molecule has 3 unspecified atom stereocenters. The Morgan fingerprint density at radius 3 is 2.55 bits per heavy atom. The van der Waals surface area contributed by atoms with Crippen LogP contribution in [0.4, 0.5) is 11.4 Å². The van der Waals surface area contributed by atoms with Gasteiger partial charge in [-0.05, 0) is 43.4 Å². The van der Waals surface area contributed by atoms with Crippen molar-refractivity contribution in [2.24, 2.45) is 11.8 Å². The van der Waals surface area contributed by atoms with Gasteiger partial charge in [-0.1, -0.05) is 19.9 Å². The van der Waals surface area contributed by atoms with Gasteiger partial charge in [-0.25, -0.2) is 0 Å². The second-order valence-electron chi connectivity index (χ2n) is 6.15. The fourth-order valence-corrected chi connectivity index (χ4v) is 2.67. The van der Waals surface area contributed by atoms with Gasteiger partial charge in [0.2, 0.25) is 5.91 Å². The normalized spacial score (nSPS) is 24.6. The summed E-state index contributed by atoms with van der Waals surface area (Å²) in [6.07, 6.45) is 0. The quantitative estimate of drug-likeness (QED) is 0.833. The van der Waals surface area contributed by atoms with E-state index in [4.69, 9.17) is 5.73 Å². The van der Waals surface area contributed by atoms with Crippen LogP contribution in [0, 0.1) is 18.8 Å². The van der Waals surface area contributed by atoms with Crippen molar-refractivity contribution < 1.29 is 4.79 Å². The Balaban J connectivity index is 2.03. The molecule has 0 radical (unpaired) electrons. The van der Waals surface area contributed by atoms with Crippen molar-refractivity contribution in [3.05, 3.63) is 23.8 Å². The Morgan fingerprint density at radius 2 is 1.95 bits per heavy atom. The molecule has 0 bridgehead atoms. The van der Waals surface area contributed by atoms with E-state index >= 15 is 0 Å². The summed E-state index contributed by atoms with van der Waals surface area (Å²) in [5, 5.41) is 3.00. The molecular formula is C16H25N3O. The zero-order valence-electron chi connectivity index (χ0n) is 12.8. The highest BCUT2D eigenvalue weighted by atomic mass is 16.2. The maximum atomic E-state index is 12.4. The Bertz CT molecular complexity index is 490. The van der Waals surface area contributed by atoms with Crippen LogP contribution in [-0.2, 0) is 4.79 Å². The Labute approximate surface area is 121 Å². The summed E-state index contributed by atoms with van der Waals surface area (Å²) >= 11 is 0. The van der Waals surface area contributed by atoms with Crippen molar-refractivity contribution in [2.45, 2.75) is 33.7 Å². The van der Waals surface area contributed by atoms with Crippen LogP contribution in [0.25, 0.3) is 0 Å². The zero-order valence-corrected chi connectivity index (χ0v) is 12.8. The summed E-state index contributed by atoms with van der Waals surface area (Å²) in [5.41, 5.74) is 8.28. The predicted molar refractivity (Wildman–Crippen MR) is 83.6 cm³/mol. The topological polar surface area (TPSA) is 58.4 Å². The lowest BCUT2D eigenvalue weighted by atomic mass is 10.0. The van der Waals surface area contributed by atoms with E-state index in [0.717, 1.165) is 24.3 Å². The number of nitrogens with zero attached hydrogens (tertiary/aromatic N) is 1. The van der Waals surface area contributed by atoms with E-state index in [1.165, 1.54) is 0 Å². The lowest BCUT2D eigenvalue weighted by molar-refractivity contribution is -0.120. The molecule has 0 aromatic heterocycles. The van der Waals surface area contributed by atoms with Crippen molar-refractivity contribution in [3.8, 4) is 0 Å². The number of amides is 1. The van der Waals surface area contributed by atoms with Crippen molar-refractivity contribution >= 4 is 17.3 Å². The molecule has 1 heterocycles. The Morgan fingerprint density at radius 1 is 1.35 bits per heavy atom. The Kier molecular flexibility index (Phi) is 4.33. The van der Waals surface area contributed by atoms with E-state index in [2.05, 4.69) is 24.1 Å². The van der Waals surface area contributed by atoms with Gasteiger partial charge in [0.05, 0.1) is 6.04 Å². The largest absolute Gasteiger partial charge is 0.399 e. The number of nitrogen functional groups attached to an aromatic ring is 1. The van der Waals surface area contributed by atoms with Gasteiger partial charge in [-0.2, -0.15) is 0 Å². The second kappa shape index (κ2) is 5.83. The van der Waals surface area contributed by atoms with Crippen LogP contribution in [0.15, 0.2) is 18.2 Å². The third kappa shape index (κ3) is 3.12. The minimum atomic E-state index is -0.108. The maximum absolute atomic E-state index is 12.4. The molecule has 4 nitrogen and oxygen atoms in total. The van der Waals surface area contributed by atoms with Crippen LogP contribution >= 0.6 is 0 Å². The van der Waals surface area contributed by atoms with Crippen LogP contribution in [0.5, 0.6) is 0 Å². The fourth-order valence-electron chi connectivity index (χ4n) is 2.67. The number of rotatable bonds is 3. The molecule has 3 N–H and O–H groups in total. The van der Waals surface area contributed by atoms with E-state index in [-0.39, 0.29) is 11.9 Å². The minimum absolute atomic E-state index is 0.0417. The first kappa shape index (κ1) is 14.9. The number of carbonyl (C=O) groups excluding carboxylic acids is 1. The molecule has 0 aliphatic carbocycles. The summed E-state index contributed by atoms with van der Waals surface area (Å²) in [7, 11) is 0. The van der Waals surface area contributed by atoms with Crippen LogP contribution in [-0.4, -0.2) is 29.9 Å². The monoisotopic (exact) mass is 275 g/mol. The van der Waals surface area contributed by atoms with Crippen LogP contribution in [0.1, 0.15) is 26.3 Å². The molecule has 1 fully saturated rings. The molecule has 110 valence electrons. The number of likely N-dealkylation sites (tertiary alicyclic amines) is 1. The number of hydrogen-bond donors (Lipinski definition) is 2. The van der Waals surface area contributed by atoms with Crippen LogP contribution in [0.2, 0.25) is 0 Å². The summed E-state index contributed by atoms with van der Waals surface area (Å²) in [6, 6.07) is 5.48. The predicted octanol–water partition coefficient (Wildman–Crippen LogP) is 2.49. The molecule has 0 saturated carbocycles. The first-order chi connectivity index (χ1) is 9.38. The number of nitrogens with one attached hydrogen (secondary N) is 1. The Hall–Kier alpha value is -1.55. The molecule has 0 spiro atoms. The van der Waals surface area contributed by atoms with E-state index in [9.17, 15) is 4.79 Å². The average molecular weight is 275 g/mol. The SMILES string of the molecule is Cc1ccc(N)cc1NC(=O)C(C)N1CC(C)C(C)C1. The zero-order chi connectivity index (χ0) is 14.9. The molecule has 1 aromatic rings. The highest BCUT2D eigenvalue weighted by molar-refractivity contribution is 5.95. The van der Waals surface area contributed by atoms with Crippen molar-refractivity contribution in [1.29, 1.82) is 0 Å². The number of nitrogens with two attached hydrogens (primary N) is 1. The van der Waals surface area contributed by atoms with Gasteiger partial charge in [0.25, 0.3) is 0 Å². The molecule has 2 rings (SSSR count). The highest BCUT2D eigenvalue weighted by Gasteiger charge is 2.32. The van der Waals surface area contributed by atoms with Gasteiger partial charge in [0, 0.05) is 24.5 Å². The summed E-state index contributed by atoms with van der Waals surface area (Å²) < 4.78 is 0. The highest BCUT2D eigenvalue weighted by Crippen LogP contribution is 2.25. The molecule has 1 saturated heterocycles. The van der Waals surface area contributed by atoms with E-state index in [1.807, 2.05) is 32.0 Å². The molecular weight excluding hydrogens is 250 g/mol. The lowest BCUT2D eigenvalue weighted by Crippen LogP contribution is -2.41. The van der Waals surface area contributed by atoms with Crippen LogP contribution < -0.4 is 11.1 Å². The molecule has 1 aliphatic heterocycles. The lowest BCUT2D eigenvalue weighted by Gasteiger charge is -2.23. The summed E-state index contributed by atoms with van der Waals surface area (Å²) in [5.74, 6) is 1.35. The van der Waals surface area contributed by atoms with Crippen molar-refractivity contribution in [2.75, 3.05) is 24.1 Å². The van der Waals surface area contributed by atoms with Gasteiger partial charge in [0.1, 0.15) is 0 Å². The van der Waals surface area contributed by atoms with Gasteiger partial charge >= 0.3 is 0 Å². The van der Waals surface area contributed by atoms with Crippen LogP contribution in [0.3, 0.4) is 0 Å². The smallest absolute Gasteiger partial charge is 0.241 e. The number of benzene rings is 1. The number of anilines is 2. The average Bonchev–Trinajstić information content (AvgIpc) is 2.73. The third-order valence-electron chi connectivity index (χ3n) is 4.46. The number of hydrogen-bond acceptors (Lipinski definition) is 3. The molecule has 3 atom stereocenters. The third-order valence-corrected chi connectivity index (χ3v) is 4.46. The molecule has 20 heavy (non-hydrogen) atoms. The standard InChI is InChI=1S/C16H25N3O/c1-10-5-6-14(17)7-15(10)18-16(20)13(4)19-8-11(2)12(3)9-19/h5-7,11-13H,8-9,17H2,1-4H3,(H,18,20). The minimum Gasteiger partial charge on any atom is -0.399 e. The number of aryl methyl sites for hydroxylation is 1. The van der Waals surface area contributed by atoms with Gasteiger partial charge in [0.15, 0.2) is 0 Å². The first-order valence-corrected chi connectivity index (χ1v) is 7.29. The molecule has 1 amide bonds. The molecule has 1 aliphatic rings. The maximum Gasteiger partial charge on any atom is 0.241 e. The van der Waals surface area contributed by atoms with Gasteiger partial charge < -0.3 is 11.1 Å². The van der Waals surface area contributed by atoms with Gasteiger partial charge in [-0.15, -0.1) is 0 Å². The first-order valence-electron chi connectivity index (χ1n) is 7.29. The summed E-state index contributed by atoms with van der Waals surface area (Å²) in [6.45, 7) is 10.4. The van der Waals surface area contributed by atoms with E-state index in [0.29, 0.717) is 17.5 Å². The molecule has 4 heteroatoms.